The summed E-state index contributed by atoms with van der Waals surface area (Å²) in [6.07, 6.45) is 3.88. The second-order valence-corrected chi connectivity index (χ2v) is 6.94. The Morgan fingerprint density at radius 1 is 1.43 bits per heavy atom. The predicted molar refractivity (Wildman–Crippen MR) is 89.7 cm³/mol. The van der Waals surface area contributed by atoms with Gasteiger partial charge in [0.25, 0.3) is 0 Å². The average molecular weight is 334 g/mol. The Morgan fingerprint density at radius 2 is 2.26 bits per heavy atom. The number of nitrogens with one attached hydrogen (secondary N) is 2. The van der Waals surface area contributed by atoms with E-state index in [1.54, 1.807) is 0 Å². The van der Waals surface area contributed by atoms with Crippen molar-refractivity contribution in [3.63, 3.8) is 0 Å². The maximum Gasteiger partial charge on any atom is 0.324 e. The van der Waals surface area contributed by atoms with Crippen LogP contribution in [0.1, 0.15) is 54.2 Å². The van der Waals surface area contributed by atoms with E-state index in [1.165, 1.54) is 11.3 Å². The van der Waals surface area contributed by atoms with E-state index in [1.807, 2.05) is 18.7 Å². The molecule has 1 fully saturated rings. The summed E-state index contributed by atoms with van der Waals surface area (Å²) in [6, 6.07) is -0.0246. The molecule has 0 aromatic carbocycles. The molecule has 3 heterocycles. The predicted octanol–water partition coefficient (Wildman–Crippen LogP) is 3.20. The van der Waals surface area contributed by atoms with Gasteiger partial charge < -0.3 is 4.90 Å². The zero-order chi connectivity index (χ0) is 16.4. The van der Waals surface area contributed by atoms with Crippen LogP contribution in [0, 0.1) is 13.8 Å². The maximum absolute atomic E-state index is 12.6. The van der Waals surface area contributed by atoms with Crippen molar-refractivity contribution in [2.24, 2.45) is 0 Å². The highest BCUT2D eigenvalue weighted by Crippen LogP contribution is 2.35. The van der Waals surface area contributed by atoms with Gasteiger partial charge in [-0.1, -0.05) is 18.3 Å². The zero-order valence-corrected chi connectivity index (χ0v) is 14.5. The summed E-state index contributed by atoms with van der Waals surface area (Å²) in [5, 5.41) is 19.9. The first-order valence-corrected chi connectivity index (χ1v) is 8.83. The van der Waals surface area contributed by atoms with Crippen molar-refractivity contribution in [2.45, 2.75) is 52.5 Å². The second kappa shape index (κ2) is 6.66. The number of nitrogens with zero attached hydrogens (tertiary/aromatic N) is 4. The molecular formula is C15H22N6OS. The molecule has 0 saturated carbocycles. The van der Waals surface area contributed by atoms with Gasteiger partial charge in [0, 0.05) is 24.2 Å². The Kier molecular flexibility index (Phi) is 4.61. The largest absolute Gasteiger partial charge is 0.324 e. The first-order chi connectivity index (χ1) is 11.1. The van der Waals surface area contributed by atoms with E-state index in [4.69, 9.17) is 0 Å². The lowest BCUT2D eigenvalue weighted by Gasteiger charge is -2.24. The van der Waals surface area contributed by atoms with Crippen molar-refractivity contribution in [3.05, 3.63) is 22.0 Å². The molecule has 0 aliphatic carbocycles. The van der Waals surface area contributed by atoms with Gasteiger partial charge in [0.15, 0.2) is 0 Å². The molecule has 0 bridgehead atoms. The number of carbonyl (C=O) groups is 1. The number of anilines is 1. The number of H-pyrrole nitrogens is 1. The number of urea groups is 1. The molecule has 2 amide bonds. The van der Waals surface area contributed by atoms with Crippen molar-refractivity contribution in [3.8, 4) is 0 Å². The molecule has 23 heavy (non-hydrogen) atoms. The van der Waals surface area contributed by atoms with Crippen LogP contribution in [-0.4, -0.2) is 37.9 Å². The molecule has 1 saturated heterocycles. The van der Waals surface area contributed by atoms with E-state index < -0.39 is 0 Å². The summed E-state index contributed by atoms with van der Waals surface area (Å²) in [4.78, 5) is 14.5. The topological polar surface area (TPSA) is 86.8 Å². The fourth-order valence-electron chi connectivity index (χ4n) is 3.14. The van der Waals surface area contributed by atoms with E-state index in [0.717, 1.165) is 54.2 Å². The second-order valence-electron chi connectivity index (χ2n) is 5.88. The smallest absolute Gasteiger partial charge is 0.317 e. The zero-order valence-electron chi connectivity index (χ0n) is 13.7. The standard InChI is InChI=1S/C15H22N6OS/c1-4-6-12-19-20-14(23-12)16-15(22)21-8-5-7-11(21)13-9(2)17-18-10(13)3/h11H,4-8H2,1-3H3,(H,17,18)(H,16,20,22)/t11-/m1/s1. The minimum Gasteiger partial charge on any atom is -0.317 e. The van der Waals surface area contributed by atoms with Crippen LogP contribution in [0.25, 0.3) is 0 Å². The molecule has 2 aromatic heterocycles. The number of aromatic amines is 1. The Bertz CT molecular complexity index is 674. The van der Waals surface area contributed by atoms with Gasteiger partial charge in [-0.15, -0.1) is 10.2 Å². The van der Waals surface area contributed by atoms with E-state index >= 15 is 0 Å². The monoisotopic (exact) mass is 334 g/mol. The van der Waals surface area contributed by atoms with Crippen LogP contribution in [0.2, 0.25) is 0 Å². The van der Waals surface area contributed by atoms with Crippen LogP contribution in [0.15, 0.2) is 0 Å². The Labute approximate surface area is 139 Å². The van der Waals surface area contributed by atoms with E-state index in [9.17, 15) is 4.79 Å². The average Bonchev–Trinajstić information content (AvgIpc) is 3.21. The molecule has 8 heteroatoms. The summed E-state index contributed by atoms with van der Waals surface area (Å²) >= 11 is 1.45. The summed E-state index contributed by atoms with van der Waals surface area (Å²) in [5.74, 6) is 0. The third-order valence-electron chi connectivity index (χ3n) is 4.18. The number of hydrogen-bond donors (Lipinski definition) is 2. The Balaban J connectivity index is 1.73. The van der Waals surface area contributed by atoms with Crippen molar-refractivity contribution < 1.29 is 4.79 Å². The lowest BCUT2D eigenvalue weighted by atomic mass is 10.0. The number of carbonyl (C=O) groups excluding carboxylic acids is 1. The molecule has 124 valence electrons. The first kappa shape index (κ1) is 15.9. The maximum atomic E-state index is 12.6. The van der Waals surface area contributed by atoms with Crippen LogP contribution in [0.5, 0.6) is 0 Å². The molecular weight excluding hydrogens is 312 g/mol. The number of aryl methyl sites for hydroxylation is 3. The van der Waals surface area contributed by atoms with Crippen LogP contribution < -0.4 is 5.32 Å². The number of rotatable bonds is 4. The number of amides is 2. The van der Waals surface area contributed by atoms with Crippen LogP contribution in [-0.2, 0) is 6.42 Å². The highest BCUT2D eigenvalue weighted by atomic mass is 32.1. The van der Waals surface area contributed by atoms with Crippen molar-refractivity contribution >= 4 is 22.5 Å². The molecule has 0 unspecified atom stereocenters. The van der Waals surface area contributed by atoms with Crippen molar-refractivity contribution in [1.29, 1.82) is 0 Å². The van der Waals surface area contributed by atoms with Crippen LogP contribution >= 0.6 is 11.3 Å². The third-order valence-corrected chi connectivity index (χ3v) is 5.08. The fraction of sp³-hybridized carbons (Fsp3) is 0.600. The number of aromatic nitrogens is 4. The summed E-state index contributed by atoms with van der Waals surface area (Å²) in [7, 11) is 0. The molecule has 2 N–H and O–H groups in total. The minimum absolute atomic E-state index is 0.0804. The fourth-order valence-corrected chi connectivity index (χ4v) is 3.97. The highest BCUT2D eigenvalue weighted by molar-refractivity contribution is 7.15. The SMILES string of the molecule is CCCc1nnc(NC(=O)N2CCC[C@@H]2c2c(C)n[nH]c2C)s1. The van der Waals surface area contributed by atoms with Crippen LogP contribution in [0.4, 0.5) is 9.93 Å². The van der Waals surface area contributed by atoms with Gasteiger partial charge in [-0.25, -0.2) is 4.79 Å². The summed E-state index contributed by atoms with van der Waals surface area (Å²) < 4.78 is 0. The van der Waals surface area contributed by atoms with E-state index in [2.05, 4.69) is 32.6 Å². The Morgan fingerprint density at radius 3 is 2.96 bits per heavy atom. The molecule has 0 radical (unpaired) electrons. The lowest BCUT2D eigenvalue weighted by molar-refractivity contribution is 0.207. The summed E-state index contributed by atoms with van der Waals surface area (Å²) in [6.45, 7) is 6.84. The minimum atomic E-state index is -0.105. The number of hydrogen-bond acceptors (Lipinski definition) is 5. The van der Waals surface area contributed by atoms with Crippen LogP contribution in [0.3, 0.4) is 0 Å². The molecule has 1 aliphatic rings. The lowest BCUT2D eigenvalue weighted by Crippen LogP contribution is -2.34. The quantitative estimate of drug-likeness (QED) is 0.899. The molecule has 1 aliphatic heterocycles. The van der Waals surface area contributed by atoms with E-state index in [-0.39, 0.29) is 12.1 Å². The van der Waals surface area contributed by atoms with Gasteiger partial charge in [-0.2, -0.15) is 5.10 Å². The molecule has 0 spiro atoms. The molecule has 7 nitrogen and oxygen atoms in total. The van der Waals surface area contributed by atoms with Crippen molar-refractivity contribution in [1.82, 2.24) is 25.3 Å². The first-order valence-electron chi connectivity index (χ1n) is 8.01. The highest BCUT2D eigenvalue weighted by Gasteiger charge is 2.33. The van der Waals surface area contributed by atoms with Crippen molar-refractivity contribution in [2.75, 3.05) is 11.9 Å². The molecule has 1 atom stereocenters. The van der Waals surface area contributed by atoms with Gasteiger partial charge in [-0.05, 0) is 33.1 Å². The number of likely N-dealkylation sites (tertiary alicyclic amines) is 1. The van der Waals surface area contributed by atoms with Gasteiger partial charge in [0.05, 0.1) is 11.7 Å². The molecule has 2 aromatic rings. The normalized spacial score (nSPS) is 17.7. The van der Waals surface area contributed by atoms with Gasteiger partial charge >= 0.3 is 6.03 Å². The van der Waals surface area contributed by atoms with Gasteiger partial charge in [-0.3, -0.25) is 10.4 Å². The Hall–Kier alpha value is -1.96. The van der Waals surface area contributed by atoms with Gasteiger partial charge in [0.1, 0.15) is 5.01 Å². The molecule has 3 rings (SSSR count). The van der Waals surface area contributed by atoms with E-state index in [0.29, 0.717) is 5.13 Å². The van der Waals surface area contributed by atoms with Gasteiger partial charge in [0.2, 0.25) is 5.13 Å². The summed E-state index contributed by atoms with van der Waals surface area (Å²) in [5.41, 5.74) is 3.14. The third kappa shape index (κ3) is 3.21.